The molecule has 5 rings (SSSR count). The number of aromatic hydroxyl groups is 1. The summed E-state index contributed by atoms with van der Waals surface area (Å²) in [5.41, 5.74) is 3.25. The Labute approximate surface area is 184 Å². The highest BCUT2D eigenvalue weighted by atomic mass is 79.9. The van der Waals surface area contributed by atoms with Crippen molar-refractivity contribution >= 4 is 44.2 Å². The van der Waals surface area contributed by atoms with Crippen molar-refractivity contribution in [2.24, 2.45) is 0 Å². The molecule has 1 fully saturated rings. The maximum absolute atomic E-state index is 12.9. The van der Waals surface area contributed by atoms with Gasteiger partial charge in [0.25, 0.3) is 0 Å². The molecule has 0 spiro atoms. The Morgan fingerprint density at radius 2 is 1.97 bits per heavy atom. The van der Waals surface area contributed by atoms with E-state index in [1.165, 1.54) is 6.07 Å². The van der Waals surface area contributed by atoms with Crippen LogP contribution in [-0.4, -0.2) is 32.7 Å². The van der Waals surface area contributed by atoms with Gasteiger partial charge in [0.15, 0.2) is 0 Å². The normalized spacial score (nSPS) is 14.9. The Kier molecular flexibility index (Phi) is 4.50. The molecule has 2 heterocycles. The maximum atomic E-state index is 12.9. The van der Waals surface area contributed by atoms with Gasteiger partial charge in [-0.1, -0.05) is 41.0 Å². The SMILES string of the molecule is O=C(c1cc(Br)no1)c1c(O)[nH]c2cc(Cl)c(-c3ccc(C4(CO)CC4)cc3)cc12. The van der Waals surface area contributed by atoms with E-state index >= 15 is 0 Å². The standard InChI is InChI=1S/C22H16BrClN2O4/c23-18-9-17(30-26-18)20(28)19-14-7-13(15(24)8-16(14)25-21(19)29)11-1-3-12(4-2-11)22(10-27)5-6-22/h1-4,7-9,25,27,29H,5-6,10H2. The average molecular weight is 488 g/mol. The first-order valence-electron chi connectivity index (χ1n) is 9.35. The Balaban J connectivity index is 1.60. The lowest BCUT2D eigenvalue weighted by Gasteiger charge is -2.13. The van der Waals surface area contributed by atoms with Crippen LogP contribution in [0.2, 0.25) is 5.02 Å². The van der Waals surface area contributed by atoms with E-state index in [0.717, 1.165) is 29.5 Å². The highest BCUT2D eigenvalue weighted by Crippen LogP contribution is 2.48. The van der Waals surface area contributed by atoms with E-state index in [1.807, 2.05) is 24.3 Å². The number of H-pyrrole nitrogens is 1. The van der Waals surface area contributed by atoms with Crippen molar-refractivity contribution in [3.63, 3.8) is 0 Å². The molecule has 0 amide bonds. The molecule has 0 unspecified atom stereocenters. The highest BCUT2D eigenvalue weighted by Gasteiger charge is 2.43. The number of aromatic amines is 1. The topological polar surface area (TPSA) is 99.4 Å². The summed E-state index contributed by atoms with van der Waals surface area (Å²) < 4.78 is 5.43. The number of benzene rings is 2. The van der Waals surface area contributed by atoms with Crippen LogP contribution < -0.4 is 0 Å². The molecule has 2 aromatic heterocycles. The Hall–Kier alpha value is -2.61. The van der Waals surface area contributed by atoms with Crippen molar-refractivity contribution < 1.29 is 19.5 Å². The lowest BCUT2D eigenvalue weighted by atomic mass is 9.94. The van der Waals surface area contributed by atoms with Gasteiger partial charge in [-0.2, -0.15) is 0 Å². The minimum Gasteiger partial charge on any atom is -0.494 e. The number of aromatic nitrogens is 2. The number of nitrogens with one attached hydrogen (secondary N) is 1. The van der Waals surface area contributed by atoms with Crippen molar-refractivity contribution in [2.45, 2.75) is 18.3 Å². The van der Waals surface area contributed by atoms with Gasteiger partial charge < -0.3 is 19.7 Å². The van der Waals surface area contributed by atoms with Gasteiger partial charge >= 0.3 is 0 Å². The molecule has 0 saturated heterocycles. The van der Waals surface area contributed by atoms with Crippen molar-refractivity contribution in [2.75, 3.05) is 6.61 Å². The zero-order chi connectivity index (χ0) is 21.0. The zero-order valence-corrected chi connectivity index (χ0v) is 17.9. The summed E-state index contributed by atoms with van der Waals surface area (Å²) in [7, 11) is 0. The van der Waals surface area contributed by atoms with E-state index in [9.17, 15) is 15.0 Å². The predicted octanol–water partition coefficient (Wildman–Crippen LogP) is 5.20. The van der Waals surface area contributed by atoms with Gasteiger partial charge in [0.2, 0.25) is 17.4 Å². The molecule has 1 aliphatic rings. The predicted molar refractivity (Wildman–Crippen MR) is 116 cm³/mol. The molecule has 6 nitrogen and oxygen atoms in total. The fraction of sp³-hybridized carbons (Fsp3) is 0.182. The van der Waals surface area contributed by atoms with Crippen molar-refractivity contribution in [1.29, 1.82) is 0 Å². The van der Waals surface area contributed by atoms with Crippen LogP contribution in [0.5, 0.6) is 5.88 Å². The van der Waals surface area contributed by atoms with Crippen LogP contribution in [0, 0.1) is 0 Å². The van der Waals surface area contributed by atoms with Gasteiger partial charge in [-0.05, 0) is 52.0 Å². The van der Waals surface area contributed by atoms with Crippen LogP contribution in [0.25, 0.3) is 22.0 Å². The van der Waals surface area contributed by atoms with Crippen LogP contribution >= 0.6 is 27.5 Å². The zero-order valence-electron chi connectivity index (χ0n) is 15.6. The Morgan fingerprint density at radius 3 is 2.57 bits per heavy atom. The molecule has 2 aromatic carbocycles. The monoisotopic (exact) mass is 486 g/mol. The molecule has 0 aliphatic heterocycles. The second-order valence-corrected chi connectivity index (χ2v) is 8.80. The highest BCUT2D eigenvalue weighted by molar-refractivity contribution is 9.10. The van der Waals surface area contributed by atoms with Gasteiger partial charge in [0.1, 0.15) is 4.60 Å². The third-order valence-electron chi connectivity index (χ3n) is 5.76. The first kappa shape index (κ1) is 19.4. The molecule has 0 atom stereocenters. The number of aliphatic hydroxyl groups excluding tert-OH is 1. The molecular formula is C22H16BrClN2O4. The number of rotatable bonds is 5. The number of hydrogen-bond donors (Lipinski definition) is 3. The minimum atomic E-state index is -0.487. The summed E-state index contributed by atoms with van der Waals surface area (Å²) in [6.45, 7) is 0.144. The summed E-state index contributed by atoms with van der Waals surface area (Å²) in [4.78, 5) is 15.7. The van der Waals surface area contributed by atoms with Crippen LogP contribution in [0.15, 0.2) is 51.6 Å². The van der Waals surface area contributed by atoms with Crippen molar-refractivity contribution in [1.82, 2.24) is 10.1 Å². The lowest BCUT2D eigenvalue weighted by Crippen LogP contribution is -2.11. The van der Waals surface area contributed by atoms with Crippen LogP contribution in [-0.2, 0) is 5.41 Å². The minimum absolute atomic E-state index is 0.0117. The third kappa shape index (κ3) is 3.05. The van der Waals surface area contributed by atoms with E-state index in [1.54, 1.807) is 12.1 Å². The second kappa shape index (κ2) is 6.97. The molecule has 152 valence electrons. The van der Waals surface area contributed by atoms with E-state index in [2.05, 4.69) is 26.1 Å². The number of ketones is 1. The quantitative estimate of drug-likeness (QED) is 0.336. The van der Waals surface area contributed by atoms with E-state index in [4.69, 9.17) is 16.1 Å². The number of carbonyl (C=O) groups is 1. The molecule has 4 aromatic rings. The average Bonchev–Trinajstić information content (AvgIpc) is 3.32. The Bertz CT molecular complexity index is 1290. The fourth-order valence-corrected chi connectivity index (χ4v) is 4.38. The van der Waals surface area contributed by atoms with E-state index in [-0.39, 0.29) is 29.2 Å². The lowest BCUT2D eigenvalue weighted by molar-refractivity contribution is 0.0999. The van der Waals surface area contributed by atoms with Crippen molar-refractivity contribution in [3.8, 4) is 17.0 Å². The first-order valence-corrected chi connectivity index (χ1v) is 10.5. The molecule has 3 N–H and O–H groups in total. The Morgan fingerprint density at radius 1 is 1.23 bits per heavy atom. The number of carbonyl (C=O) groups excluding carboxylic acids is 1. The number of halogens is 2. The first-order chi connectivity index (χ1) is 14.4. The number of aliphatic hydroxyl groups is 1. The summed E-state index contributed by atoms with van der Waals surface area (Å²) in [6, 6.07) is 12.8. The van der Waals surface area contributed by atoms with E-state index < -0.39 is 5.78 Å². The summed E-state index contributed by atoms with van der Waals surface area (Å²) in [5.74, 6) is -0.735. The smallest absolute Gasteiger partial charge is 0.237 e. The van der Waals surface area contributed by atoms with Gasteiger partial charge in [0.05, 0.1) is 22.7 Å². The van der Waals surface area contributed by atoms with Crippen molar-refractivity contribution in [3.05, 3.63) is 69.0 Å². The third-order valence-corrected chi connectivity index (χ3v) is 6.45. The van der Waals surface area contributed by atoms with E-state index in [0.29, 0.717) is 20.5 Å². The molecule has 8 heteroatoms. The fourth-order valence-electron chi connectivity index (χ4n) is 3.83. The largest absolute Gasteiger partial charge is 0.494 e. The summed E-state index contributed by atoms with van der Waals surface area (Å²) >= 11 is 9.66. The molecule has 1 saturated carbocycles. The summed E-state index contributed by atoms with van der Waals surface area (Å²) in [5, 5.41) is 24.7. The van der Waals surface area contributed by atoms with Crippen LogP contribution in [0.1, 0.15) is 34.5 Å². The maximum Gasteiger partial charge on any atom is 0.237 e. The molecule has 1 aliphatic carbocycles. The van der Waals surface area contributed by atoms with Gasteiger partial charge in [-0.25, -0.2) is 0 Å². The number of fused-ring (bicyclic) bond motifs is 1. The molecule has 30 heavy (non-hydrogen) atoms. The van der Waals surface area contributed by atoms with Gasteiger partial charge in [-0.3, -0.25) is 4.79 Å². The van der Waals surface area contributed by atoms with Gasteiger partial charge in [0, 0.05) is 22.4 Å². The summed E-state index contributed by atoms with van der Waals surface area (Å²) in [6.07, 6.45) is 1.98. The molecular weight excluding hydrogens is 472 g/mol. The second-order valence-electron chi connectivity index (χ2n) is 7.59. The van der Waals surface area contributed by atoms with Crippen LogP contribution in [0.4, 0.5) is 0 Å². The van der Waals surface area contributed by atoms with Gasteiger partial charge in [-0.15, -0.1) is 0 Å². The molecule has 0 bridgehead atoms. The molecule has 0 radical (unpaired) electrons. The van der Waals surface area contributed by atoms with Crippen LogP contribution in [0.3, 0.4) is 0 Å². The number of nitrogens with zero attached hydrogens (tertiary/aromatic N) is 1. The number of hydrogen-bond acceptors (Lipinski definition) is 5.